The fourth-order valence-electron chi connectivity index (χ4n) is 1.45. The molecule has 0 fully saturated rings. The van der Waals surface area contributed by atoms with Crippen LogP contribution >= 0.6 is 11.3 Å². The predicted molar refractivity (Wildman–Crippen MR) is 67.8 cm³/mol. The predicted octanol–water partition coefficient (Wildman–Crippen LogP) is 3.38. The number of nitrogens with one attached hydrogen (secondary N) is 1. The molecule has 0 spiro atoms. The zero-order valence-corrected chi connectivity index (χ0v) is 10.2. The smallest absolute Gasteiger partial charge is 0.229 e. The maximum atomic E-state index is 13.3. The van der Waals surface area contributed by atoms with Crippen molar-refractivity contribution in [2.45, 2.75) is 13.3 Å². The molecule has 2 rings (SSSR count). The molecule has 4 heteroatoms. The molecule has 0 atom stereocenters. The summed E-state index contributed by atoms with van der Waals surface area (Å²) in [6, 6.07) is 8.49. The van der Waals surface area contributed by atoms with Gasteiger partial charge < -0.3 is 5.32 Å². The first-order chi connectivity index (χ1) is 8.15. The summed E-state index contributed by atoms with van der Waals surface area (Å²) in [4.78, 5) is 12.6. The van der Waals surface area contributed by atoms with Gasteiger partial charge in [0.2, 0.25) is 5.91 Å². The van der Waals surface area contributed by atoms with Crippen molar-refractivity contribution in [2.24, 2.45) is 0 Å². The minimum Gasteiger partial charge on any atom is -0.326 e. The van der Waals surface area contributed by atoms with Crippen LogP contribution in [0.4, 0.5) is 10.1 Å². The lowest BCUT2D eigenvalue weighted by molar-refractivity contribution is -0.115. The number of hydrogen-bond acceptors (Lipinski definition) is 2. The number of rotatable bonds is 3. The molecule has 1 heterocycles. The molecule has 0 saturated heterocycles. The maximum absolute atomic E-state index is 13.3. The van der Waals surface area contributed by atoms with Crippen molar-refractivity contribution in [3.05, 3.63) is 52.0 Å². The number of anilines is 1. The minimum atomic E-state index is -0.307. The van der Waals surface area contributed by atoms with E-state index in [9.17, 15) is 9.18 Å². The average molecular weight is 249 g/mol. The second-order valence-corrected chi connectivity index (χ2v) is 4.80. The lowest BCUT2D eigenvalue weighted by atomic mass is 10.2. The first-order valence-electron chi connectivity index (χ1n) is 5.23. The number of halogens is 1. The van der Waals surface area contributed by atoms with Gasteiger partial charge in [0, 0.05) is 10.6 Å². The second kappa shape index (κ2) is 5.10. The number of aryl methyl sites for hydroxylation is 1. The summed E-state index contributed by atoms with van der Waals surface area (Å²) in [5.74, 6) is -0.436. The van der Waals surface area contributed by atoms with Crippen molar-refractivity contribution in [1.82, 2.24) is 0 Å². The Morgan fingerprint density at radius 3 is 2.88 bits per heavy atom. The van der Waals surface area contributed by atoms with E-state index in [1.165, 1.54) is 17.4 Å². The van der Waals surface area contributed by atoms with Crippen LogP contribution in [0.1, 0.15) is 10.4 Å². The molecule has 1 N–H and O–H groups in total. The van der Waals surface area contributed by atoms with Gasteiger partial charge in [0.25, 0.3) is 0 Å². The van der Waals surface area contributed by atoms with Gasteiger partial charge in [0.05, 0.1) is 6.42 Å². The molecule has 1 amide bonds. The second-order valence-electron chi connectivity index (χ2n) is 3.77. The zero-order chi connectivity index (χ0) is 12.3. The molecule has 2 nitrogen and oxygen atoms in total. The standard InChI is InChI=1S/C13H12FNOS/c1-9-4-5-10(7-12(9)14)15-13(16)8-11-3-2-6-17-11/h2-7H,8H2,1H3,(H,15,16). The molecule has 0 bridgehead atoms. The fraction of sp³-hybridized carbons (Fsp3) is 0.154. The molecule has 1 aromatic heterocycles. The third kappa shape index (κ3) is 3.14. The summed E-state index contributed by atoms with van der Waals surface area (Å²) in [7, 11) is 0. The minimum absolute atomic E-state index is 0.129. The van der Waals surface area contributed by atoms with Crippen LogP contribution in [0, 0.1) is 12.7 Å². The molecule has 0 saturated carbocycles. The molecule has 2 aromatic rings. The number of benzene rings is 1. The lowest BCUT2D eigenvalue weighted by Gasteiger charge is -2.05. The number of thiophene rings is 1. The number of amides is 1. The average Bonchev–Trinajstić information content (AvgIpc) is 2.76. The highest BCUT2D eigenvalue weighted by Crippen LogP contribution is 2.15. The zero-order valence-electron chi connectivity index (χ0n) is 9.37. The van der Waals surface area contributed by atoms with E-state index in [1.54, 1.807) is 19.1 Å². The number of carbonyl (C=O) groups is 1. The summed E-state index contributed by atoms with van der Waals surface area (Å²) in [5.41, 5.74) is 1.07. The van der Waals surface area contributed by atoms with Crippen molar-refractivity contribution in [3.8, 4) is 0 Å². The molecule has 0 aliphatic heterocycles. The van der Waals surface area contributed by atoms with Gasteiger partial charge in [-0.25, -0.2) is 4.39 Å². The molecular formula is C13H12FNOS. The highest BCUT2D eigenvalue weighted by molar-refractivity contribution is 7.10. The van der Waals surface area contributed by atoms with Crippen LogP contribution in [0.2, 0.25) is 0 Å². The summed E-state index contributed by atoms with van der Waals surface area (Å²) in [5, 5.41) is 4.60. The van der Waals surface area contributed by atoms with Crippen LogP contribution in [0.25, 0.3) is 0 Å². The Labute approximate surface area is 103 Å². The number of carbonyl (C=O) groups excluding carboxylic acids is 1. The van der Waals surface area contributed by atoms with Crippen molar-refractivity contribution in [2.75, 3.05) is 5.32 Å². The van der Waals surface area contributed by atoms with E-state index in [-0.39, 0.29) is 11.7 Å². The van der Waals surface area contributed by atoms with Gasteiger partial charge in [-0.3, -0.25) is 4.79 Å². The van der Waals surface area contributed by atoms with Gasteiger partial charge in [-0.1, -0.05) is 12.1 Å². The van der Waals surface area contributed by atoms with E-state index in [0.29, 0.717) is 17.7 Å². The summed E-state index contributed by atoms with van der Waals surface area (Å²) < 4.78 is 13.3. The highest BCUT2D eigenvalue weighted by atomic mass is 32.1. The molecule has 0 aliphatic carbocycles. The molecule has 0 radical (unpaired) electrons. The summed E-state index contributed by atoms with van der Waals surface area (Å²) >= 11 is 1.53. The summed E-state index contributed by atoms with van der Waals surface area (Å²) in [6.45, 7) is 1.69. The third-order valence-corrected chi connectivity index (χ3v) is 3.25. The maximum Gasteiger partial charge on any atom is 0.229 e. The fourth-order valence-corrected chi connectivity index (χ4v) is 2.15. The Bertz CT molecular complexity index is 522. The van der Waals surface area contributed by atoms with Gasteiger partial charge in [0.1, 0.15) is 5.82 Å². The Hall–Kier alpha value is -1.68. The van der Waals surface area contributed by atoms with E-state index in [0.717, 1.165) is 4.88 Å². The monoisotopic (exact) mass is 249 g/mol. The largest absolute Gasteiger partial charge is 0.326 e. The molecule has 0 aliphatic rings. The van der Waals surface area contributed by atoms with Gasteiger partial charge in [-0.05, 0) is 36.1 Å². The first kappa shape index (κ1) is 11.8. The molecule has 17 heavy (non-hydrogen) atoms. The van der Waals surface area contributed by atoms with Crippen molar-refractivity contribution in [1.29, 1.82) is 0 Å². The van der Waals surface area contributed by atoms with Crippen LogP contribution in [0.3, 0.4) is 0 Å². The molecule has 88 valence electrons. The van der Waals surface area contributed by atoms with Crippen molar-refractivity contribution >= 4 is 22.9 Å². The quantitative estimate of drug-likeness (QED) is 0.887. The van der Waals surface area contributed by atoms with Crippen LogP contribution in [0.5, 0.6) is 0 Å². The van der Waals surface area contributed by atoms with Gasteiger partial charge in [-0.2, -0.15) is 0 Å². The van der Waals surface area contributed by atoms with Crippen LogP contribution in [0.15, 0.2) is 35.7 Å². The lowest BCUT2D eigenvalue weighted by Crippen LogP contribution is -2.13. The van der Waals surface area contributed by atoms with Gasteiger partial charge in [0.15, 0.2) is 0 Å². The van der Waals surface area contributed by atoms with E-state index in [1.807, 2.05) is 17.5 Å². The van der Waals surface area contributed by atoms with Crippen molar-refractivity contribution in [3.63, 3.8) is 0 Å². The normalized spacial score (nSPS) is 10.2. The van der Waals surface area contributed by atoms with Gasteiger partial charge >= 0.3 is 0 Å². The Morgan fingerprint density at radius 1 is 1.41 bits per heavy atom. The van der Waals surface area contributed by atoms with Crippen LogP contribution < -0.4 is 5.32 Å². The van der Waals surface area contributed by atoms with Gasteiger partial charge in [-0.15, -0.1) is 11.3 Å². The Kier molecular flexibility index (Phi) is 3.54. The van der Waals surface area contributed by atoms with E-state index >= 15 is 0 Å². The summed E-state index contributed by atoms with van der Waals surface area (Å²) in [6.07, 6.45) is 0.327. The van der Waals surface area contributed by atoms with E-state index in [4.69, 9.17) is 0 Å². The van der Waals surface area contributed by atoms with Crippen molar-refractivity contribution < 1.29 is 9.18 Å². The Morgan fingerprint density at radius 2 is 2.24 bits per heavy atom. The third-order valence-electron chi connectivity index (χ3n) is 2.37. The Balaban J connectivity index is 2.00. The number of hydrogen-bond donors (Lipinski definition) is 1. The SMILES string of the molecule is Cc1ccc(NC(=O)Cc2cccs2)cc1F. The van der Waals surface area contributed by atoms with Crippen LogP contribution in [-0.4, -0.2) is 5.91 Å². The highest BCUT2D eigenvalue weighted by Gasteiger charge is 2.06. The molecule has 0 unspecified atom stereocenters. The first-order valence-corrected chi connectivity index (χ1v) is 6.11. The topological polar surface area (TPSA) is 29.1 Å². The van der Waals surface area contributed by atoms with E-state index < -0.39 is 0 Å². The van der Waals surface area contributed by atoms with Crippen LogP contribution in [-0.2, 0) is 11.2 Å². The molecule has 1 aromatic carbocycles. The molecular weight excluding hydrogens is 237 g/mol. The van der Waals surface area contributed by atoms with E-state index in [2.05, 4.69) is 5.32 Å².